The second-order valence-corrected chi connectivity index (χ2v) is 16.1. The van der Waals surface area contributed by atoms with Gasteiger partial charge >= 0.3 is 14.2 Å². The third-order valence-corrected chi connectivity index (χ3v) is 12.8. The number of likely N-dealkylation sites (tertiary alicyclic amines) is 1. The molecule has 258 valence electrons. The molecule has 11 rings (SSSR count). The molecule has 1 saturated heterocycles. The summed E-state index contributed by atoms with van der Waals surface area (Å²) in [4.78, 5) is 29.3. The molecule has 4 atom stereocenters. The maximum atomic E-state index is 12.2. The van der Waals surface area contributed by atoms with E-state index in [1.165, 1.54) is 43.2 Å². The van der Waals surface area contributed by atoms with Crippen LogP contribution in [0.3, 0.4) is 0 Å². The Morgan fingerprint density at radius 1 is 0.940 bits per heavy atom. The Balaban J connectivity index is 0.000000135. The van der Waals surface area contributed by atoms with Gasteiger partial charge in [0.1, 0.15) is 22.8 Å². The molecule has 4 N–H and O–H groups in total. The van der Waals surface area contributed by atoms with Crippen LogP contribution in [0.15, 0.2) is 48.9 Å². The van der Waals surface area contributed by atoms with Crippen molar-refractivity contribution in [1.29, 1.82) is 0 Å². The predicted octanol–water partition coefficient (Wildman–Crippen LogP) is 6.07. The van der Waals surface area contributed by atoms with E-state index in [2.05, 4.69) is 39.8 Å². The molecule has 7 aliphatic rings. The summed E-state index contributed by atoms with van der Waals surface area (Å²) in [5.74, 6) is 8.86. The van der Waals surface area contributed by atoms with E-state index in [4.69, 9.17) is 9.31 Å². The lowest BCUT2D eigenvalue weighted by molar-refractivity contribution is -0.132. The average Bonchev–Trinajstić information content (AvgIpc) is 3.77. The van der Waals surface area contributed by atoms with Crippen molar-refractivity contribution in [3.05, 3.63) is 60.0 Å². The molecule has 0 radical (unpaired) electrons. The van der Waals surface area contributed by atoms with Gasteiger partial charge in [0.15, 0.2) is 0 Å². The number of hydrogen-bond acceptors (Lipinski definition) is 7. The predicted molar refractivity (Wildman–Crippen MR) is 195 cm³/mol. The summed E-state index contributed by atoms with van der Waals surface area (Å²) in [6.07, 6.45) is 15.6. The molecule has 1 amide bonds. The smallest absolute Gasteiger partial charge is 0.531 e. The highest BCUT2D eigenvalue weighted by Crippen LogP contribution is 2.65. The van der Waals surface area contributed by atoms with Crippen molar-refractivity contribution in [2.75, 3.05) is 13.1 Å². The van der Waals surface area contributed by atoms with Crippen molar-refractivity contribution in [2.24, 2.45) is 40.9 Å². The molecule has 0 aromatic carbocycles. The van der Waals surface area contributed by atoms with Gasteiger partial charge in [-0.1, -0.05) is 20.8 Å². The third kappa shape index (κ3) is 5.29. The summed E-state index contributed by atoms with van der Waals surface area (Å²) in [6, 6.07) is 4.08. The van der Waals surface area contributed by atoms with Crippen molar-refractivity contribution in [2.45, 2.75) is 65.7 Å². The van der Waals surface area contributed by atoms with E-state index < -0.39 is 14.2 Å². The first-order valence-electron chi connectivity index (χ1n) is 18.5. The van der Waals surface area contributed by atoms with E-state index in [1.807, 2.05) is 36.3 Å². The minimum absolute atomic E-state index is 0.169. The van der Waals surface area contributed by atoms with Gasteiger partial charge in [0.05, 0.1) is 12.4 Å². The topological polar surface area (TPSA) is 137 Å². The van der Waals surface area contributed by atoms with Crippen LogP contribution in [-0.4, -0.2) is 68.1 Å². The number of rotatable bonds is 3. The molecule has 3 aliphatic heterocycles. The Bertz CT molecular complexity index is 2020. The fourth-order valence-electron chi connectivity index (χ4n) is 11.0. The van der Waals surface area contributed by atoms with Crippen LogP contribution in [0.25, 0.3) is 33.2 Å². The Kier molecular flexibility index (Phi) is 7.69. The molecule has 4 aliphatic carbocycles. The number of nitrogens with one attached hydrogen (secondary N) is 2. The lowest BCUT2D eigenvalue weighted by Crippen LogP contribution is -2.50. The Labute approximate surface area is 293 Å². The Morgan fingerprint density at radius 3 is 2.10 bits per heavy atom. The highest BCUT2D eigenvalue weighted by atomic mass is 16.5. The number of aromatic amines is 2. The number of fused-ring (bicyclic) bond motifs is 6. The Morgan fingerprint density at radius 2 is 1.52 bits per heavy atom. The number of pyridine rings is 2. The third-order valence-electron chi connectivity index (χ3n) is 12.8. The molecule has 4 bridgehead atoms. The van der Waals surface area contributed by atoms with Crippen LogP contribution in [0, 0.1) is 40.9 Å². The second kappa shape index (κ2) is 12.0. The van der Waals surface area contributed by atoms with Gasteiger partial charge in [0.25, 0.3) is 0 Å². The van der Waals surface area contributed by atoms with Gasteiger partial charge in [-0.2, -0.15) is 0 Å². The van der Waals surface area contributed by atoms with E-state index in [9.17, 15) is 14.8 Å². The SMILES string of the molecule is CC12CC3CC(C1)C(C1=CB(O)Oc4cnc5[nH]ccc5c41)C(C3)C2.CCC(=O)N1CC[C@@H](C)[C@@H](C2=CB(O)Oc3cnc4[nH]ccc4c32)C1. The molecular formula is C38H45B2N5O5. The summed E-state index contributed by atoms with van der Waals surface area (Å²) in [5.41, 5.74) is 6.79. The maximum absolute atomic E-state index is 12.2. The first-order chi connectivity index (χ1) is 24.2. The minimum Gasteiger partial charge on any atom is -0.531 e. The van der Waals surface area contributed by atoms with Gasteiger partial charge in [0, 0.05) is 59.7 Å². The molecule has 12 heteroatoms. The highest BCUT2D eigenvalue weighted by Gasteiger charge is 2.55. The largest absolute Gasteiger partial charge is 0.552 e. The van der Waals surface area contributed by atoms with Crippen molar-refractivity contribution < 1.29 is 24.2 Å². The normalized spacial score (nSPS) is 30.9. The quantitative estimate of drug-likeness (QED) is 0.194. The van der Waals surface area contributed by atoms with E-state index in [-0.39, 0.29) is 11.8 Å². The minimum atomic E-state index is -0.981. The Hall–Kier alpha value is -4.02. The molecule has 5 fully saturated rings. The number of carbonyl (C=O) groups is 1. The maximum Gasteiger partial charge on any atom is 0.552 e. The van der Waals surface area contributed by atoms with Gasteiger partial charge in [-0.3, -0.25) is 4.79 Å². The lowest BCUT2D eigenvalue weighted by atomic mass is 9.45. The lowest BCUT2D eigenvalue weighted by Gasteiger charge is -2.60. The van der Waals surface area contributed by atoms with Gasteiger partial charge in [-0.15, -0.1) is 0 Å². The average molecular weight is 673 g/mol. The fourth-order valence-corrected chi connectivity index (χ4v) is 11.0. The summed E-state index contributed by atoms with van der Waals surface area (Å²) < 4.78 is 11.3. The molecule has 4 aromatic rings. The molecular weight excluding hydrogens is 628 g/mol. The van der Waals surface area contributed by atoms with Gasteiger partial charge in [-0.05, 0) is 109 Å². The number of hydrogen-bond donors (Lipinski definition) is 4. The van der Waals surface area contributed by atoms with E-state index in [0.717, 1.165) is 69.7 Å². The molecule has 0 spiro atoms. The van der Waals surface area contributed by atoms with Crippen LogP contribution in [-0.2, 0) is 4.79 Å². The number of amides is 1. The molecule has 7 heterocycles. The number of aromatic nitrogens is 4. The van der Waals surface area contributed by atoms with Gasteiger partial charge < -0.3 is 34.2 Å². The van der Waals surface area contributed by atoms with Crippen molar-refractivity contribution in [3.8, 4) is 11.5 Å². The zero-order chi connectivity index (χ0) is 34.3. The number of allylic oxidation sites excluding steroid dienone is 1. The zero-order valence-electron chi connectivity index (χ0n) is 29.1. The highest BCUT2D eigenvalue weighted by molar-refractivity contribution is 6.53. The van der Waals surface area contributed by atoms with Gasteiger partial charge in [-0.25, -0.2) is 9.97 Å². The van der Waals surface area contributed by atoms with Crippen LogP contribution in [0.5, 0.6) is 11.5 Å². The molecule has 50 heavy (non-hydrogen) atoms. The molecule has 2 unspecified atom stereocenters. The van der Waals surface area contributed by atoms with Crippen LogP contribution < -0.4 is 9.31 Å². The van der Waals surface area contributed by atoms with E-state index in [1.54, 1.807) is 18.4 Å². The molecule has 4 saturated carbocycles. The van der Waals surface area contributed by atoms with Crippen LogP contribution >= 0.6 is 0 Å². The standard InChI is InChI=1S/C20H23BN2O2.C18H22BN3O3/c1-20-6-11-4-12(7-20)17(13(5-11)8-20)15-9-21(24)25-16-10-23-19-14(18(15)16)2-3-22-19;1-3-16(23)22-7-5-11(2)14(10-22)13-8-19(24)25-15-9-21-18-12(17(13)15)4-6-20-18/h2-3,9-13,17,24H,4-8H2,1H3,(H,22,23);4,6,8-9,11,14,24H,3,5,7,10H2,1-2H3,(H,20,21)/t;11-,14+/m.1/s1. The molecule has 4 aromatic heterocycles. The van der Waals surface area contributed by atoms with E-state index in [0.29, 0.717) is 36.0 Å². The number of carbonyl (C=O) groups excluding carboxylic acids is 1. The number of nitrogens with zero attached hydrogens (tertiary/aromatic N) is 3. The van der Waals surface area contributed by atoms with E-state index >= 15 is 0 Å². The number of H-pyrrole nitrogens is 2. The van der Waals surface area contributed by atoms with Gasteiger partial charge in [0.2, 0.25) is 5.91 Å². The van der Waals surface area contributed by atoms with Crippen LogP contribution in [0.2, 0.25) is 0 Å². The monoisotopic (exact) mass is 673 g/mol. The fraction of sp³-hybridized carbons (Fsp3) is 0.500. The second-order valence-electron chi connectivity index (χ2n) is 16.1. The summed E-state index contributed by atoms with van der Waals surface area (Å²) in [6.45, 7) is 8.11. The van der Waals surface area contributed by atoms with Crippen molar-refractivity contribution in [3.63, 3.8) is 0 Å². The number of piperidine rings is 1. The van der Waals surface area contributed by atoms with Crippen molar-refractivity contribution >= 4 is 53.4 Å². The first kappa shape index (κ1) is 31.9. The summed E-state index contributed by atoms with van der Waals surface area (Å²) in [7, 11) is -1.83. The first-order valence-corrected chi connectivity index (χ1v) is 18.5. The summed E-state index contributed by atoms with van der Waals surface area (Å²) in [5, 5.41) is 22.6. The van der Waals surface area contributed by atoms with Crippen LogP contribution in [0.1, 0.15) is 76.8 Å². The zero-order valence-corrected chi connectivity index (χ0v) is 29.1. The summed E-state index contributed by atoms with van der Waals surface area (Å²) >= 11 is 0. The van der Waals surface area contributed by atoms with Crippen LogP contribution in [0.4, 0.5) is 0 Å². The molecule has 10 nitrogen and oxygen atoms in total. The van der Waals surface area contributed by atoms with Crippen molar-refractivity contribution in [1.82, 2.24) is 24.8 Å².